The summed E-state index contributed by atoms with van der Waals surface area (Å²) in [5.74, 6) is 1.33. The van der Waals surface area contributed by atoms with Crippen molar-refractivity contribution >= 4 is 17.7 Å². The van der Waals surface area contributed by atoms with E-state index in [0.717, 1.165) is 25.9 Å². The Labute approximate surface area is 132 Å². The van der Waals surface area contributed by atoms with Crippen LogP contribution in [0.25, 0.3) is 0 Å². The van der Waals surface area contributed by atoms with Crippen molar-refractivity contribution in [2.45, 2.75) is 31.1 Å². The number of nitrogens with one attached hydrogen (secondary N) is 1. The summed E-state index contributed by atoms with van der Waals surface area (Å²) in [5.41, 5.74) is 0. The molecule has 0 atom stereocenters. The van der Waals surface area contributed by atoms with Crippen molar-refractivity contribution in [1.82, 2.24) is 0 Å². The van der Waals surface area contributed by atoms with E-state index in [9.17, 15) is 4.79 Å². The molecule has 0 spiro atoms. The summed E-state index contributed by atoms with van der Waals surface area (Å²) in [7, 11) is 0. The van der Waals surface area contributed by atoms with Gasteiger partial charge >= 0.3 is 5.97 Å². The Morgan fingerprint density at radius 3 is 2.67 bits per heavy atom. The normalized spacial score (nSPS) is 22.0. The van der Waals surface area contributed by atoms with Gasteiger partial charge < -0.3 is 9.64 Å². The second kappa shape index (κ2) is 9.11. The van der Waals surface area contributed by atoms with Gasteiger partial charge in [-0.05, 0) is 19.1 Å². The summed E-state index contributed by atoms with van der Waals surface area (Å²) < 4.78 is 5.11. The molecule has 1 heterocycles. The number of quaternary nitrogens is 1. The molecular formula is C17H26NO2S+. The Kier molecular flexibility index (Phi) is 7.10. The van der Waals surface area contributed by atoms with Crippen LogP contribution < -0.4 is 4.90 Å². The lowest BCUT2D eigenvalue weighted by Crippen LogP contribution is -3.13. The predicted molar refractivity (Wildman–Crippen MR) is 86.7 cm³/mol. The number of rotatable bonds is 7. The van der Waals surface area contributed by atoms with E-state index in [0.29, 0.717) is 6.61 Å². The predicted octanol–water partition coefficient (Wildman–Crippen LogP) is 2.03. The first-order chi connectivity index (χ1) is 10.3. The van der Waals surface area contributed by atoms with Gasteiger partial charge in [-0.25, -0.2) is 0 Å². The summed E-state index contributed by atoms with van der Waals surface area (Å²) in [6.45, 7) is 5.82. The molecule has 1 aromatic carbocycles. The Morgan fingerprint density at radius 1 is 1.29 bits per heavy atom. The lowest BCUT2D eigenvalue weighted by molar-refractivity contribution is -0.905. The molecule has 0 unspecified atom stereocenters. The zero-order valence-corrected chi connectivity index (χ0v) is 13.7. The maximum Gasteiger partial charge on any atom is 0.309 e. The third-order valence-electron chi connectivity index (χ3n) is 4.00. The molecule has 3 nitrogen and oxygen atoms in total. The molecular weight excluding hydrogens is 282 g/mol. The number of esters is 1. The van der Waals surface area contributed by atoms with Crippen molar-refractivity contribution in [3.8, 4) is 0 Å². The van der Waals surface area contributed by atoms with Crippen LogP contribution in [0.4, 0.5) is 0 Å². The van der Waals surface area contributed by atoms with Gasteiger partial charge in [-0.15, -0.1) is 11.8 Å². The maximum absolute atomic E-state index is 11.7. The lowest BCUT2D eigenvalue weighted by Gasteiger charge is -2.28. The van der Waals surface area contributed by atoms with Gasteiger partial charge in [0.1, 0.15) is 0 Å². The number of thioether (sulfide) groups is 1. The van der Waals surface area contributed by atoms with Gasteiger partial charge in [0.15, 0.2) is 0 Å². The first-order valence-electron chi connectivity index (χ1n) is 7.97. The number of ether oxygens (including phenoxy) is 1. The zero-order valence-electron chi connectivity index (χ0n) is 12.8. The second-order valence-electron chi connectivity index (χ2n) is 5.54. The highest BCUT2D eigenvalue weighted by atomic mass is 32.2. The van der Waals surface area contributed by atoms with Crippen LogP contribution in [0.2, 0.25) is 0 Å². The molecule has 1 aliphatic heterocycles. The fourth-order valence-electron chi connectivity index (χ4n) is 2.80. The molecule has 1 fully saturated rings. The van der Waals surface area contributed by atoms with Crippen molar-refractivity contribution in [2.75, 3.05) is 32.0 Å². The van der Waals surface area contributed by atoms with Gasteiger partial charge in [0.2, 0.25) is 0 Å². The maximum atomic E-state index is 11.7. The molecule has 21 heavy (non-hydrogen) atoms. The molecule has 1 saturated heterocycles. The summed E-state index contributed by atoms with van der Waals surface area (Å²) in [4.78, 5) is 14.7. The minimum Gasteiger partial charge on any atom is -0.466 e. The van der Waals surface area contributed by atoms with Crippen LogP contribution in [0.3, 0.4) is 0 Å². The van der Waals surface area contributed by atoms with Crippen LogP contribution in [0.15, 0.2) is 35.2 Å². The van der Waals surface area contributed by atoms with Crippen molar-refractivity contribution in [1.29, 1.82) is 0 Å². The topological polar surface area (TPSA) is 30.7 Å². The molecule has 2 rings (SSSR count). The molecule has 0 saturated carbocycles. The summed E-state index contributed by atoms with van der Waals surface area (Å²) >= 11 is 1.93. The highest BCUT2D eigenvalue weighted by molar-refractivity contribution is 7.99. The van der Waals surface area contributed by atoms with Crippen LogP contribution >= 0.6 is 11.8 Å². The smallest absolute Gasteiger partial charge is 0.309 e. The minimum absolute atomic E-state index is 0.0104. The Bertz CT molecular complexity index is 416. The minimum atomic E-state index is 0.0104. The number of carbonyl (C=O) groups is 1. The summed E-state index contributed by atoms with van der Waals surface area (Å²) in [5, 5.41) is 0. The van der Waals surface area contributed by atoms with Crippen molar-refractivity contribution < 1.29 is 14.4 Å². The van der Waals surface area contributed by atoms with Crippen LogP contribution in [0.1, 0.15) is 26.2 Å². The SMILES string of the molecule is CCOC(=O)C1CC[NH+](CCCSc2ccccc2)CC1. The quantitative estimate of drug-likeness (QED) is 0.475. The Morgan fingerprint density at radius 2 is 2.00 bits per heavy atom. The van der Waals surface area contributed by atoms with Gasteiger partial charge in [0, 0.05) is 29.9 Å². The molecule has 116 valence electrons. The monoisotopic (exact) mass is 308 g/mol. The molecule has 0 aromatic heterocycles. The highest BCUT2D eigenvalue weighted by Crippen LogP contribution is 2.17. The van der Waals surface area contributed by atoms with Crippen LogP contribution in [0, 0.1) is 5.92 Å². The molecule has 4 heteroatoms. The largest absolute Gasteiger partial charge is 0.466 e. The van der Waals surface area contributed by atoms with Crippen LogP contribution in [-0.2, 0) is 9.53 Å². The molecule has 0 radical (unpaired) electrons. The number of carbonyl (C=O) groups excluding carboxylic acids is 1. The van der Waals surface area contributed by atoms with Crippen molar-refractivity contribution in [2.24, 2.45) is 5.92 Å². The third kappa shape index (κ3) is 5.71. The van der Waals surface area contributed by atoms with E-state index in [2.05, 4.69) is 30.3 Å². The number of likely N-dealkylation sites (tertiary alicyclic amines) is 1. The molecule has 0 aliphatic carbocycles. The molecule has 1 aromatic rings. The summed E-state index contributed by atoms with van der Waals surface area (Å²) in [6, 6.07) is 10.6. The van der Waals surface area contributed by atoms with E-state index in [1.807, 2.05) is 18.7 Å². The number of hydrogen-bond acceptors (Lipinski definition) is 3. The summed E-state index contributed by atoms with van der Waals surface area (Å²) in [6.07, 6.45) is 3.21. The first-order valence-corrected chi connectivity index (χ1v) is 8.96. The van der Waals surface area contributed by atoms with Crippen LogP contribution in [-0.4, -0.2) is 38.0 Å². The van der Waals surface area contributed by atoms with Gasteiger partial charge in [-0.3, -0.25) is 4.79 Å². The number of piperidine rings is 1. The number of benzene rings is 1. The van der Waals surface area contributed by atoms with E-state index in [-0.39, 0.29) is 11.9 Å². The van der Waals surface area contributed by atoms with Crippen molar-refractivity contribution in [3.05, 3.63) is 30.3 Å². The van der Waals surface area contributed by atoms with E-state index in [1.54, 1.807) is 4.90 Å². The van der Waals surface area contributed by atoms with Crippen LogP contribution in [0.5, 0.6) is 0 Å². The van der Waals surface area contributed by atoms with E-state index >= 15 is 0 Å². The third-order valence-corrected chi connectivity index (χ3v) is 5.10. The second-order valence-corrected chi connectivity index (χ2v) is 6.71. The molecule has 1 aliphatic rings. The van der Waals surface area contributed by atoms with Gasteiger partial charge in [-0.2, -0.15) is 0 Å². The van der Waals surface area contributed by atoms with Gasteiger partial charge in [-0.1, -0.05) is 18.2 Å². The number of hydrogen-bond donors (Lipinski definition) is 1. The molecule has 0 bridgehead atoms. The fraction of sp³-hybridized carbons (Fsp3) is 0.588. The first kappa shape index (κ1) is 16.4. The zero-order chi connectivity index (χ0) is 14.9. The standard InChI is InChI=1S/C17H25NO2S/c1-2-20-17(19)15-9-12-18(13-10-15)11-6-14-21-16-7-4-3-5-8-16/h3-5,7-8,15H,2,6,9-14H2,1H3/p+1. The average molecular weight is 308 g/mol. The lowest BCUT2D eigenvalue weighted by atomic mass is 9.97. The highest BCUT2D eigenvalue weighted by Gasteiger charge is 2.27. The molecule has 0 amide bonds. The van der Waals surface area contributed by atoms with Gasteiger partial charge in [0.25, 0.3) is 0 Å². The Hall–Kier alpha value is -1.00. The van der Waals surface area contributed by atoms with Gasteiger partial charge in [0.05, 0.1) is 32.2 Å². The molecule has 1 N–H and O–H groups in total. The van der Waals surface area contributed by atoms with E-state index < -0.39 is 0 Å². The van der Waals surface area contributed by atoms with Crippen molar-refractivity contribution in [3.63, 3.8) is 0 Å². The fourth-order valence-corrected chi connectivity index (χ4v) is 3.67. The van der Waals surface area contributed by atoms with E-state index in [1.165, 1.54) is 23.6 Å². The Balaban J connectivity index is 1.58. The van der Waals surface area contributed by atoms with E-state index in [4.69, 9.17) is 4.74 Å². The average Bonchev–Trinajstić information content (AvgIpc) is 2.53.